The molecule has 0 amide bonds. The Kier molecular flexibility index (Phi) is 8.74. The van der Waals surface area contributed by atoms with E-state index in [9.17, 15) is 25.2 Å². The second-order valence-corrected chi connectivity index (χ2v) is 6.44. The van der Waals surface area contributed by atoms with E-state index in [0.29, 0.717) is 5.92 Å². The minimum absolute atomic E-state index is 0. The van der Waals surface area contributed by atoms with E-state index >= 15 is 0 Å². The minimum Gasteiger partial charge on any atom is -0.273 e. The van der Waals surface area contributed by atoms with Gasteiger partial charge < -0.3 is 0 Å². The molecule has 8 heteroatoms. The molecular weight excluding hydrogens is 369 g/mol. The van der Waals surface area contributed by atoms with Crippen LogP contribution in [0.5, 0.6) is 0 Å². The summed E-state index contributed by atoms with van der Waals surface area (Å²) in [7, 11) is -10.7. The van der Waals surface area contributed by atoms with Gasteiger partial charge in [-0.05, 0) is 11.5 Å². The summed E-state index contributed by atoms with van der Waals surface area (Å²) in [5, 5.41) is 0. The molecule has 0 spiro atoms. The van der Waals surface area contributed by atoms with E-state index in [1.165, 1.54) is 5.56 Å². The summed E-state index contributed by atoms with van der Waals surface area (Å²) in [6, 6.07) is 10.5. The largest absolute Gasteiger partial charge is 1.00 e. The van der Waals surface area contributed by atoms with Gasteiger partial charge in [-0.2, -0.15) is 6.08 Å². The fourth-order valence-corrected chi connectivity index (χ4v) is 1.18. The quantitative estimate of drug-likeness (QED) is 0.201. The third kappa shape index (κ3) is 24.3. The Morgan fingerprint density at radius 3 is 1.64 bits per heavy atom. The smallest absolute Gasteiger partial charge is 0.273 e. The second kappa shape index (κ2) is 8.19. The summed E-state index contributed by atoms with van der Waals surface area (Å²) in [6.07, 6.45) is 10.0. The molecule has 0 bridgehead atoms. The first kappa shape index (κ1) is 23.5. The predicted octanol–water partition coefficient (Wildman–Crippen LogP) is 7.61. The molecule has 1 aliphatic carbocycles. The molecule has 1 aromatic carbocycles. The number of hydrogen-bond acceptors (Lipinski definition) is 0. The number of halogens is 6. The summed E-state index contributed by atoms with van der Waals surface area (Å²) in [5.41, 5.74) is 1.41. The molecule has 0 heterocycles. The Labute approximate surface area is 138 Å². The summed E-state index contributed by atoms with van der Waals surface area (Å²) in [5.74, 6) is 0.659. The van der Waals surface area contributed by atoms with E-state index < -0.39 is 7.81 Å². The van der Waals surface area contributed by atoms with Crippen LogP contribution < -0.4 is 0 Å². The fourth-order valence-electron chi connectivity index (χ4n) is 1.18. The molecule has 0 fully saturated rings. The molecule has 0 radical (unpaired) electrons. The standard InChI is InChI=1S/C9H12.C5H5.F6P.Fe/c1-8(2)9-6-4-3-5-7-9;1-2-4-5-3-1;1-7(2,3,4,5)6;/h3-8H,1-2H3;1-3H,4H2;;/q;2*-1;/p+1. The van der Waals surface area contributed by atoms with Crippen molar-refractivity contribution >= 4 is 7.81 Å². The molecule has 1 aliphatic rings. The van der Waals surface area contributed by atoms with Crippen molar-refractivity contribution in [1.29, 1.82) is 0 Å². The van der Waals surface area contributed by atoms with Crippen LogP contribution >= 0.6 is 7.81 Å². The van der Waals surface area contributed by atoms with Crippen LogP contribution in [-0.4, -0.2) is 0 Å². The van der Waals surface area contributed by atoms with Crippen LogP contribution in [0.15, 0.2) is 48.6 Å². The van der Waals surface area contributed by atoms with Gasteiger partial charge in [0, 0.05) is 17.1 Å². The molecule has 0 N–H and O–H groups in total. The van der Waals surface area contributed by atoms with Crippen LogP contribution in [0.2, 0.25) is 0 Å². The molecule has 2 rings (SSSR count). The normalized spacial score (nSPS) is 15.5. The maximum atomic E-state index is 9.87. The molecular formula is C14H18F6FeP-. The van der Waals surface area contributed by atoms with Gasteiger partial charge in [-0.1, -0.05) is 44.2 Å². The topological polar surface area (TPSA) is 0 Å². The fraction of sp³-hybridized carbons (Fsp3) is 0.286. The zero-order chi connectivity index (χ0) is 16.6. The number of rotatable bonds is 1. The average molecular weight is 387 g/mol. The van der Waals surface area contributed by atoms with Gasteiger partial charge in [0.25, 0.3) is 0 Å². The van der Waals surface area contributed by atoms with Crippen LogP contribution in [0.1, 0.15) is 33.2 Å². The van der Waals surface area contributed by atoms with Crippen molar-refractivity contribution in [2.45, 2.75) is 26.2 Å². The van der Waals surface area contributed by atoms with E-state index in [2.05, 4.69) is 50.3 Å². The van der Waals surface area contributed by atoms with Crippen LogP contribution in [0, 0.1) is 6.08 Å². The van der Waals surface area contributed by atoms with Crippen LogP contribution in [0.25, 0.3) is 0 Å². The molecule has 22 heavy (non-hydrogen) atoms. The van der Waals surface area contributed by atoms with Crippen molar-refractivity contribution in [3.05, 3.63) is 60.2 Å². The van der Waals surface area contributed by atoms with Crippen molar-refractivity contribution in [1.82, 2.24) is 0 Å². The van der Waals surface area contributed by atoms with Crippen molar-refractivity contribution in [3.8, 4) is 0 Å². The van der Waals surface area contributed by atoms with Gasteiger partial charge in [0.1, 0.15) is 0 Å². The molecule has 0 atom stereocenters. The SMILES string of the molecule is CC(C)c1ccccc1.F[P-](F)(F)(F)(F)F.[C-]1=CC=CC1.[Fe].[H+]. The number of benzene rings is 1. The summed E-state index contributed by atoms with van der Waals surface area (Å²) in [6.45, 7) is 4.41. The number of allylic oxidation sites excluding steroid dienone is 4. The van der Waals surface area contributed by atoms with Crippen molar-refractivity contribution in [2.24, 2.45) is 0 Å². The minimum atomic E-state index is -10.7. The summed E-state index contributed by atoms with van der Waals surface area (Å²) in [4.78, 5) is 0. The Bertz CT molecular complexity index is 461. The second-order valence-electron chi connectivity index (χ2n) is 4.53. The van der Waals surface area contributed by atoms with Crippen molar-refractivity contribution in [3.63, 3.8) is 0 Å². The maximum Gasteiger partial charge on any atom is 1.00 e. The van der Waals surface area contributed by atoms with Gasteiger partial charge in [0.05, 0.1) is 0 Å². The van der Waals surface area contributed by atoms with Gasteiger partial charge in [-0.15, -0.1) is 6.42 Å². The van der Waals surface area contributed by atoms with Gasteiger partial charge in [0.2, 0.25) is 0 Å². The molecule has 0 saturated carbocycles. The van der Waals surface area contributed by atoms with Crippen LogP contribution in [-0.2, 0) is 17.1 Å². The molecule has 1 aromatic rings. The van der Waals surface area contributed by atoms with Gasteiger partial charge in [-0.25, -0.2) is 12.2 Å². The Balaban J connectivity index is -0.000000259. The van der Waals surface area contributed by atoms with E-state index in [4.69, 9.17) is 0 Å². The zero-order valence-corrected chi connectivity index (χ0v) is 14.0. The predicted molar refractivity (Wildman–Crippen MR) is 76.8 cm³/mol. The molecule has 130 valence electrons. The molecule has 0 nitrogen and oxygen atoms in total. The van der Waals surface area contributed by atoms with E-state index in [1.807, 2.05) is 18.2 Å². The molecule has 0 unspecified atom stereocenters. The monoisotopic (exact) mass is 387 g/mol. The van der Waals surface area contributed by atoms with Crippen LogP contribution in [0.3, 0.4) is 0 Å². The van der Waals surface area contributed by atoms with Crippen molar-refractivity contribution < 1.29 is 43.7 Å². The average Bonchev–Trinajstić information content (AvgIpc) is 2.84. The van der Waals surface area contributed by atoms with Gasteiger partial charge in [-0.3, -0.25) is 6.08 Å². The first-order chi connectivity index (χ1) is 9.25. The number of hydrogen-bond donors (Lipinski definition) is 0. The molecule has 0 aromatic heterocycles. The van der Waals surface area contributed by atoms with E-state index in [-0.39, 0.29) is 18.5 Å². The summed E-state index contributed by atoms with van der Waals surface area (Å²) < 4.78 is 59.2. The third-order valence-corrected chi connectivity index (χ3v) is 2.05. The zero-order valence-electron chi connectivity index (χ0n) is 13.0. The molecule has 0 aliphatic heterocycles. The molecule has 0 saturated heterocycles. The van der Waals surface area contributed by atoms with Gasteiger partial charge >= 0.3 is 34.4 Å². The Morgan fingerprint density at radius 2 is 1.45 bits per heavy atom. The third-order valence-electron chi connectivity index (χ3n) is 2.05. The van der Waals surface area contributed by atoms with Crippen molar-refractivity contribution in [2.75, 3.05) is 0 Å². The first-order valence-electron chi connectivity index (χ1n) is 6.09. The summed E-state index contributed by atoms with van der Waals surface area (Å²) >= 11 is 0. The first-order valence-corrected chi connectivity index (χ1v) is 8.11. The van der Waals surface area contributed by atoms with E-state index in [1.54, 1.807) is 0 Å². The van der Waals surface area contributed by atoms with E-state index in [0.717, 1.165) is 6.42 Å². The van der Waals surface area contributed by atoms with Gasteiger partial charge in [0.15, 0.2) is 0 Å². The van der Waals surface area contributed by atoms with Crippen LogP contribution in [0.4, 0.5) is 25.2 Å². The maximum absolute atomic E-state index is 10.7. The Hall–Kier alpha value is -0.771. The Morgan fingerprint density at radius 1 is 1.00 bits per heavy atom.